The molecule has 3 rings (SSSR count). The van der Waals surface area contributed by atoms with Crippen LogP contribution in [0.2, 0.25) is 0 Å². The predicted molar refractivity (Wildman–Crippen MR) is 87.8 cm³/mol. The molecule has 0 saturated carbocycles. The molecule has 1 aliphatic rings. The number of aryl methyl sites for hydroxylation is 1. The molecule has 0 spiro atoms. The van der Waals surface area contributed by atoms with Gasteiger partial charge in [-0.2, -0.15) is 18.3 Å². The van der Waals surface area contributed by atoms with Gasteiger partial charge in [-0.25, -0.2) is 9.48 Å². The Morgan fingerprint density at radius 1 is 1.28 bits per heavy atom. The summed E-state index contributed by atoms with van der Waals surface area (Å²) in [5.74, 6) is -1.43. The third kappa shape index (κ3) is 3.78. The van der Waals surface area contributed by atoms with E-state index < -0.39 is 24.2 Å². The minimum absolute atomic E-state index is 0.114. The maximum Gasteiger partial charge on any atom is 0.410 e. The number of carboxylic acids is 1. The van der Waals surface area contributed by atoms with E-state index in [4.69, 9.17) is 5.11 Å². The van der Waals surface area contributed by atoms with Gasteiger partial charge >= 0.3 is 12.1 Å². The topological polar surface area (TPSA) is 67.2 Å². The average Bonchev–Trinajstić information content (AvgIpc) is 2.99. The van der Waals surface area contributed by atoms with Gasteiger partial charge in [0.15, 0.2) is 6.04 Å². The molecule has 2 atom stereocenters. The molecule has 0 fully saturated rings. The minimum Gasteiger partial charge on any atom is -0.477 e. The van der Waals surface area contributed by atoms with Crippen molar-refractivity contribution in [2.45, 2.75) is 45.5 Å². The normalized spacial score (nSPS) is 19.3. The van der Waals surface area contributed by atoms with Gasteiger partial charge in [0.05, 0.1) is 12.2 Å². The van der Waals surface area contributed by atoms with Gasteiger partial charge in [0.25, 0.3) is 0 Å². The van der Waals surface area contributed by atoms with Crippen molar-refractivity contribution in [3.8, 4) is 0 Å². The number of nitrogens with zero attached hydrogens (tertiary/aromatic N) is 2. The van der Waals surface area contributed by atoms with E-state index in [2.05, 4.69) is 10.4 Å². The molecule has 0 saturated heterocycles. The number of hydrogen-bond acceptors (Lipinski definition) is 3. The molecule has 0 radical (unpaired) electrons. The van der Waals surface area contributed by atoms with Gasteiger partial charge < -0.3 is 10.4 Å². The standard InChI is InChI=1S/C15H14F3N3O2.C2H6/c1-8-2-4-9(5-3-8)11-6-12(15(16,17)18)21-13(20-11)10(7-19-21)14(22)23;1-2/h2-5,7,11-12,20H,6H2,1H3,(H,22,23);1-2H3. The summed E-state index contributed by atoms with van der Waals surface area (Å²) in [5, 5.41) is 15.6. The summed E-state index contributed by atoms with van der Waals surface area (Å²) in [7, 11) is 0. The Morgan fingerprint density at radius 3 is 2.40 bits per heavy atom. The molecule has 1 aromatic heterocycles. The van der Waals surface area contributed by atoms with Gasteiger partial charge in [-0.15, -0.1) is 0 Å². The number of halogens is 3. The first-order chi connectivity index (χ1) is 11.8. The van der Waals surface area contributed by atoms with Gasteiger partial charge in [-0.05, 0) is 12.5 Å². The number of carbonyl (C=O) groups is 1. The number of nitrogens with one attached hydrogen (secondary N) is 1. The predicted octanol–water partition coefficient (Wildman–Crippen LogP) is 4.58. The second-order valence-electron chi connectivity index (χ2n) is 5.56. The molecule has 2 heterocycles. The van der Waals surface area contributed by atoms with E-state index in [9.17, 15) is 18.0 Å². The van der Waals surface area contributed by atoms with Crippen molar-refractivity contribution < 1.29 is 23.1 Å². The van der Waals surface area contributed by atoms with Gasteiger partial charge in [0.1, 0.15) is 11.4 Å². The summed E-state index contributed by atoms with van der Waals surface area (Å²) >= 11 is 0. The highest BCUT2D eigenvalue weighted by molar-refractivity contribution is 5.93. The first kappa shape index (κ1) is 18.8. The van der Waals surface area contributed by atoms with Gasteiger partial charge in [-0.3, -0.25) is 0 Å². The molecule has 2 unspecified atom stereocenters. The monoisotopic (exact) mass is 355 g/mol. The van der Waals surface area contributed by atoms with Gasteiger partial charge in [0.2, 0.25) is 0 Å². The van der Waals surface area contributed by atoms with Crippen LogP contribution in [0, 0.1) is 6.92 Å². The number of fused-ring (bicyclic) bond motifs is 1. The summed E-state index contributed by atoms with van der Waals surface area (Å²) in [4.78, 5) is 11.2. The summed E-state index contributed by atoms with van der Waals surface area (Å²) in [6, 6.07) is 4.61. The number of benzene rings is 1. The highest BCUT2D eigenvalue weighted by Gasteiger charge is 2.47. The number of aromatic nitrogens is 2. The molecule has 2 N–H and O–H groups in total. The Labute approximate surface area is 143 Å². The lowest BCUT2D eigenvalue weighted by Crippen LogP contribution is -2.36. The average molecular weight is 355 g/mol. The number of rotatable bonds is 2. The molecule has 2 aromatic rings. The SMILES string of the molecule is CC.Cc1ccc(C2CC(C(F)(F)F)n3ncc(C(=O)O)c3N2)cc1. The Morgan fingerprint density at radius 2 is 1.88 bits per heavy atom. The fourth-order valence-corrected chi connectivity index (χ4v) is 2.74. The lowest BCUT2D eigenvalue weighted by atomic mass is 9.96. The summed E-state index contributed by atoms with van der Waals surface area (Å²) in [5.41, 5.74) is 1.40. The maximum absolute atomic E-state index is 13.3. The smallest absolute Gasteiger partial charge is 0.410 e. The lowest BCUT2D eigenvalue weighted by molar-refractivity contribution is -0.173. The highest BCUT2D eigenvalue weighted by atomic mass is 19.4. The second-order valence-corrected chi connectivity index (χ2v) is 5.56. The lowest BCUT2D eigenvalue weighted by Gasteiger charge is -2.33. The number of hydrogen-bond donors (Lipinski definition) is 2. The summed E-state index contributed by atoms with van der Waals surface area (Å²) in [6.07, 6.45) is -3.82. The Kier molecular flexibility index (Phi) is 5.39. The molecule has 0 aliphatic carbocycles. The largest absolute Gasteiger partial charge is 0.477 e. The second kappa shape index (κ2) is 7.16. The number of anilines is 1. The fraction of sp³-hybridized carbons (Fsp3) is 0.412. The van der Waals surface area contributed by atoms with Crippen molar-refractivity contribution in [2.75, 3.05) is 5.32 Å². The fourth-order valence-electron chi connectivity index (χ4n) is 2.74. The summed E-state index contributed by atoms with van der Waals surface area (Å²) < 4.78 is 40.8. The van der Waals surface area contributed by atoms with E-state index >= 15 is 0 Å². The van der Waals surface area contributed by atoms with Crippen LogP contribution in [0.25, 0.3) is 0 Å². The maximum atomic E-state index is 13.3. The molecule has 136 valence electrons. The molecule has 0 bridgehead atoms. The van der Waals surface area contributed by atoms with Crippen molar-refractivity contribution in [1.82, 2.24) is 9.78 Å². The van der Waals surface area contributed by atoms with E-state index in [1.807, 2.05) is 32.9 Å². The van der Waals surface area contributed by atoms with E-state index in [1.54, 1.807) is 12.1 Å². The van der Waals surface area contributed by atoms with Gasteiger partial charge in [-0.1, -0.05) is 43.7 Å². The quantitative estimate of drug-likeness (QED) is 0.828. The van der Waals surface area contributed by atoms with Gasteiger partial charge in [0, 0.05) is 6.42 Å². The minimum atomic E-state index is -4.51. The molecule has 1 aliphatic heterocycles. The van der Waals surface area contributed by atoms with Crippen molar-refractivity contribution in [2.24, 2.45) is 0 Å². The Balaban J connectivity index is 0.00000109. The van der Waals surface area contributed by atoms with E-state index in [1.165, 1.54) is 0 Å². The van der Waals surface area contributed by atoms with Crippen molar-refractivity contribution >= 4 is 11.8 Å². The first-order valence-corrected chi connectivity index (χ1v) is 7.98. The van der Waals surface area contributed by atoms with Crippen LogP contribution in [0.1, 0.15) is 53.8 Å². The van der Waals surface area contributed by atoms with Crippen molar-refractivity contribution in [1.29, 1.82) is 0 Å². The number of alkyl halides is 3. The van der Waals surface area contributed by atoms with Crippen LogP contribution in [-0.4, -0.2) is 27.0 Å². The zero-order chi connectivity index (χ0) is 18.8. The molecule has 25 heavy (non-hydrogen) atoms. The van der Waals surface area contributed by atoms with Crippen LogP contribution in [-0.2, 0) is 0 Å². The van der Waals surface area contributed by atoms with Crippen LogP contribution in [0.15, 0.2) is 30.5 Å². The zero-order valence-electron chi connectivity index (χ0n) is 14.1. The molecule has 1 aromatic carbocycles. The number of aromatic carboxylic acids is 1. The highest BCUT2D eigenvalue weighted by Crippen LogP contribution is 2.44. The van der Waals surface area contributed by atoms with Crippen molar-refractivity contribution in [3.63, 3.8) is 0 Å². The Hall–Kier alpha value is -2.51. The third-order valence-electron chi connectivity index (χ3n) is 3.95. The van der Waals surface area contributed by atoms with E-state index in [-0.39, 0.29) is 17.8 Å². The van der Waals surface area contributed by atoms with Crippen LogP contribution in [0.3, 0.4) is 0 Å². The van der Waals surface area contributed by atoms with Crippen LogP contribution in [0.5, 0.6) is 0 Å². The van der Waals surface area contributed by atoms with Crippen LogP contribution < -0.4 is 5.32 Å². The molecule has 0 amide bonds. The summed E-state index contributed by atoms with van der Waals surface area (Å²) in [6.45, 7) is 5.88. The third-order valence-corrected chi connectivity index (χ3v) is 3.95. The van der Waals surface area contributed by atoms with E-state index in [0.717, 1.165) is 11.8 Å². The molecular formula is C17H20F3N3O2. The molecule has 8 heteroatoms. The number of carboxylic acid groups (broad SMARTS) is 1. The van der Waals surface area contributed by atoms with Crippen LogP contribution >= 0.6 is 0 Å². The molecular weight excluding hydrogens is 335 g/mol. The Bertz CT molecular complexity index is 739. The van der Waals surface area contributed by atoms with E-state index in [0.29, 0.717) is 10.2 Å². The van der Waals surface area contributed by atoms with Crippen LogP contribution in [0.4, 0.5) is 19.0 Å². The van der Waals surface area contributed by atoms with Crippen molar-refractivity contribution in [3.05, 3.63) is 47.2 Å². The first-order valence-electron chi connectivity index (χ1n) is 7.98. The molecule has 5 nitrogen and oxygen atoms in total. The zero-order valence-corrected chi connectivity index (χ0v) is 14.1.